The number of rotatable bonds is 7. The van der Waals surface area contributed by atoms with Crippen LogP contribution in [0, 0.1) is 13.8 Å². The number of thiophene rings is 1. The minimum atomic E-state index is -1.11. The van der Waals surface area contributed by atoms with Crippen LogP contribution < -0.4 is 5.32 Å². The molecule has 2 N–H and O–H groups in total. The summed E-state index contributed by atoms with van der Waals surface area (Å²) in [6.07, 6.45) is 0.294. The van der Waals surface area contributed by atoms with Gasteiger partial charge in [0.05, 0.1) is 0 Å². The summed E-state index contributed by atoms with van der Waals surface area (Å²) >= 11 is 1.53. The van der Waals surface area contributed by atoms with Crippen LogP contribution >= 0.6 is 11.3 Å². The van der Waals surface area contributed by atoms with Crippen molar-refractivity contribution in [2.45, 2.75) is 32.7 Å². The summed E-state index contributed by atoms with van der Waals surface area (Å²) in [5, 5.41) is 19.8. The lowest BCUT2D eigenvalue weighted by Crippen LogP contribution is -2.34. The summed E-state index contributed by atoms with van der Waals surface area (Å²) < 4.78 is 5.15. The number of carboxylic acid groups (broad SMARTS) is 1. The highest BCUT2D eigenvalue weighted by Gasteiger charge is 2.23. The zero-order chi connectivity index (χ0) is 19.4. The highest BCUT2D eigenvalue weighted by atomic mass is 32.1. The predicted octanol–water partition coefficient (Wildman–Crippen LogP) is 3.29. The molecule has 1 aromatic carbocycles. The molecule has 140 valence electrons. The number of benzene rings is 1. The molecule has 7 nitrogen and oxygen atoms in total. The molecule has 0 radical (unpaired) electrons. The van der Waals surface area contributed by atoms with Crippen molar-refractivity contribution < 1.29 is 19.2 Å². The zero-order valence-corrected chi connectivity index (χ0v) is 15.7. The average molecular weight is 385 g/mol. The molecule has 27 heavy (non-hydrogen) atoms. The second-order valence-corrected chi connectivity index (χ2v) is 7.06. The van der Waals surface area contributed by atoms with Gasteiger partial charge in [0.2, 0.25) is 17.6 Å². The Morgan fingerprint density at radius 3 is 2.63 bits per heavy atom. The highest BCUT2D eigenvalue weighted by molar-refractivity contribution is 7.08. The third kappa shape index (κ3) is 4.79. The Balaban J connectivity index is 1.62. The first-order chi connectivity index (χ1) is 12.9. The number of carboxylic acids is 1. The van der Waals surface area contributed by atoms with Crippen LogP contribution in [0.2, 0.25) is 0 Å². The van der Waals surface area contributed by atoms with Crippen LogP contribution in [0.25, 0.3) is 11.4 Å². The maximum Gasteiger partial charge on any atom is 0.330 e. The number of nitrogens with zero attached hydrogens (tertiary/aromatic N) is 2. The van der Waals surface area contributed by atoms with Crippen molar-refractivity contribution in [2.24, 2.45) is 0 Å². The lowest BCUT2D eigenvalue weighted by atomic mass is 10.0. The van der Waals surface area contributed by atoms with E-state index in [0.717, 1.165) is 16.7 Å². The van der Waals surface area contributed by atoms with Gasteiger partial charge in [0, 0.05) is 23.8 Å². The normalized spacial score (nSPS) is 11.9. The Morgan fingerprint density at radius 2 is 2.00 bits per heavy atom. The smallest absolute Gasteiger partial charge is 0.330 e. The molecule has 0 saturated heterocycles. The number of hydrogen-bond donors (Lipinski definition) is 2. The molecular formula is C19H19N3O4S. The minimum Gasteiger partial charge on any atom is -0.479 e. The lowest BCUT2D eigenvalue weighted by Gasteiger charge is -2.16. The van der Waals surface area contributed by atoms with Crippen LogP contribution in [0.4, 0.5) is 0 Å². The molecule has 3 aromatic rings. The van der Waals surface area contributed by atoms with Crippen molar-refractivity contribution in [2.75, 3.05) is 0 Å². The number of aryl methyl sites for hydroxylation is 3. The summed E-state index contributed by atoms with van der Waals surface area (Å²) in [6, 6.07) is 6.26. The molecule has 0 saturated carbocycles. The minimum absolute atomic E-state index is 0.0554. The molecule has 0 bridgehead atoms. The fourth-order valence-electron chi connectivity index (χ4n) is 2.78. The SMILES string of the molecule is Cc1cc(C)cc(C(NC(=O)CCc2nc(-c3ccsc3)no2)C(=O)O)c1. The molecule has 0 spiro atoms. The molecule has 2 aromatic heterocycles. The molecule has 8 heteroatoms. The van der Waals surface area contributed by atoms with Gasteiger partial charge < -0.3 is 14.9 Å². The summed E-state index contributed by atoms with van der Waals surface area (Å²) in [5.74, 6) is -0.683. The van der Waals surface area contributed by atoms with E-state index >= 15 is 0 Å². The predicted molar refractivity (Wildman–Crippen MR) is 100 cm³/mol. The molecule has 1 amide bonds. The van der Waals surface area contributed by atoms with Gasteiger partial charge in [-0.05, 0) is 30.9 Å². The standard InChI is InChI=1S/C19H19N3O4S/c1-11-7-12(2)9-14(8-11)17(19(24)25)20-15(23)3-4-16-21-18(22-26-16)13-5-6-27-10-13/h5-10,17H,3-4H2,1-2H3,(H,20,23)(H,24,25). The molecule has 0 aliphatic heterocycles. The number of nitrogens with one attached hydrogen (secondary N) is 1. The Kier molecular flexibility index (Phi) is 5.66. The first kappa shape index (κ1) is 18.8. The van der Waals surface area contributed by atoms with Crippen LogP contribution in [0.15, 0.2) is 39.5 Å². The van der Waals surface area contributed by atoms with Crippen LogP contribution in [-0.2, 0) is 16.0 Å². The van der Waals surface area contributed by atoms with E-state index < -0.39 is 17.9 Å². The van der Waals surface area contributed by atoms with Gasteiger partial charge in [-0.15, -0.1) is 0 Å². The van der Waals surface area contributed by atoms with Crippen molar-refractivity contribution in [3.8, 4) is 11.4 Å². The molecule has 3 rings (SSSR count). The maximum absolute atomic E-state index is 12.2. The van der Waals surface area contributed by atoms with Crippen molar-refractivity contribution >= 4 is 23.2 Å². The van der Waals surface area contributed by atoms with Gasteiger partial charge in [0.25, 0.3) is 0 Å². The van der Waals surface area contributed by atoms with E-state index in [1.54, 1.807) is 12.1 Å². The monoisotopic (exact) mass is 385 g/mol. The Bertz CT molecular complexity index is 930. The molecule has 1 atom stereocenters. The Morgan fingerprint density at radius 1 is 1.26 bits per heavy atom. The maximum atomic E-state index is 12.2. The first-order valence-electron chi connectivity index (χ1n) is 8.38. The van der Waals surface area contributed by atoms with Crippen molar-refractivity contribution in [3.63, 3.8) is 0 Å². The zero-order valence-electron chi connectivity index (χ0n) is 14.9. The number of aliphatic carboxylic acids is 1. The fourth-order valence-corrected chi connectivity index (χ4v) is 3.42. The molecule has 1 unspecified atom stereocenters. The third-order valence-corrected chi connectivity index (χ3v) is 4.63. The number of aromatic nitrogens is 2. The number of amides is 1. The molecular weight excluding hydrogens is 366 g/mol. The molecule has 0 aliphatic rings. The van der Waals surface area contributed by atoms with Gasteiger partial charge >= 0.3 is 5.97 Å². The van der Waals surface area contributed by atoms with E-state index in [0.29, 0.717) is 17.3 Å². The van der Waals surface area contributed by atoms with Gasteiger partial charge in [0.1, 0.15) is 0 Å². The Hall–Kier alpha value is -3.00. The molecule has 0 aliphatic carbocycles. The van der Waals surface area contributed by atoms with Gasteiger partial charge in [-0.25, -0.2) is 4.79 Å². The van der Waals surface area contributed by atoms with E-state index in [4.69, 9.17) is 4.52 Å². The summed E-state index contributed by atoms with van der Waals surface area (Å²) in [5.41, 5.74) is 3.29. The summed E-state index contributed by atoms with van der Waals surface area (Å²) in [6.45, 7) is 3.77. The number of carbonyl (C=O) groups excluding carboxylic acids is 1. The van der Waals surface area contributed by atoms with Gasteiger partial charge in [-0.3, -0.25) is 4.79 Å². The van der Waals surface area contributed by atoms with E-state index in [-0.39, 0.29) is 12.8 Å². The van der Waals surface area contributed by atoms with E-state index in [9.17, 15) is 14.7 Å². The second kappa shape index (κ2) is 8.13. The van der Waals surface area contributed by atoms with Crippen LogP contribution in [-0.4, -0.2) is 27.1 Å². The quantitative estimate of drug-likeness (QED) is 0.646. The van der Waals surface area contributed by atoms with E-state index in [1.165, 1.54) is 11.3 Å². The Labute approximate surface area is 160 Å². The van der Waals surface area contributed by atoms with Gasteiger partial charge in [-0.2, -0.15) is 16.3 Å². The van der Waals surface area contributed by atoms with Crippen molar-refractivity contribution in [1.82, 2.24) is 15.5 Å². The molecule has 0 fully saturated rings. The van der Waals surface area contributed by atoms with Crippen molar-refractivity contribution in [3.05, 3.63) is 57.6 Å². The summed E-state index contributed by atoms with van der Waals surface area (Å²) in [4.78, 5) is 28.1. The lowest BCUT2D eigenvalue weighted by molar-refractivity contribution is -0.142. The second-order valence-electron chi connectivity index (χ2n) is 6.28. The third-order valence-electron chi connectivity index (χ3n) is 3.94. The van der Waals surface area contributed by atoms with Crippen LogP contribution in [0.3, 0.4) is 0 Å². The number of hydrogen-bond acceptors (Lipinski definition) is 6. The van der Waals surface area contributed by atoms with E-state index in [1.807, 2.05) is 36.7 Å². The fraction of sp³-hybridized carbons (Fsp3) is 0.263. The topological polar surface area (TPSA) is 105 Å². The number of carbonyl (C=O) groups is 2. The first-order valence-corrected chi connectivity index (χ1v) is 9.32. The molecule has 2 heterocycles. The van der Waals surface area contributed by atoms with Crippen molar-refractivity contribution in [1.29, 1.82) is 0 Å². The van der Waals surface area contributed by atoms with Crippen LogP contribution in [0.1, 0.15) is 35.0 Å². The van der Waals surface area contributed by atoms with E-state index in [2.05, 4.69) is 15.5 Å². The largest absolute Gasteiger partial charge is 0.479 e. The average Bonchev–Trinajstić information content (AvgIpc) is 3.27. The van der Waals surface area contributed by atoms with Gasteiger partial charge in [-0.1, -0.05) is 34.5 Å². The summed E-state index contributed by atoms with van der Waals surface area (Å²) in [7, 11) is 0. The van der Waals surface area contributed by atoms with Crippen LogP contribution in [0.5, 0.6) is 0 Å². The highest BCUT2D eigenvalue weighted by Crippen LogP contribution is 2.20. The van der Waals surface area contributed by atoms with Gasteiger partial charge in [0.15, 0.2) is 6.04 Å².